The van der Waals surface area contributed by atoms with E-state index >= 15 is 0 Å². The van der Waals surface area contributed by atoms with Crippen LogP contribution in [0.2, 0.25) is 0 Å². The minimum Gasteiger partial charge on any atom is -0.342 e. The van der Waals surface area contributed by atoms with Crippen LogP contribution in [0.5, 0.6) is 0 Å². The number of nitrogens with zero attached hydrogens (tertiary/aromatic N) is 1. The minimum atomic E-state index is -3.85. The Bertz CT molecular complexity index is 1110. The lowest BCUT2D eigenvalue weighted by atomic mass is 10.1. The van der Waals surface area contributed by atoms with Crippen LogP contribution in [0, 0.1) is 5.82 Å². The highest BCUT2D eigenvalue weighted by molar-refractivity contribution is 7.89. The van der Waals surface area contributed by atoms with E-state index in [1.165, 1.54) is 0 Å². The molecule has 0 saturated carbocycles. The Kier molecular flexibility index (Phi) is 5.99. The first-order chi connectivity index (χ1) is 13.7. The Morgan fingerprint density at radius 2 is 1.93 bits per heavy atom. The van der Waals surface area contributed by atoms with Crippen LogP contribution in [0.3, 0.4) is 0 Å². The molecule has 9 heteroatoms. The van der Waals surface area contributed by atoms with Gasteiger partial charge in [-0.1, -0.05) is 19.1 Å². The second kappa shape index (κ2) is 8.30. The number of amides is 1. The maximum atomic E-state index is 14.3. The highest BCUT2D eigenvalue weighted by atomic mass is 32.2. The molecule has 0 saturated heterocycles. The summed E-state index contributed by atoms with van der Waals surface area (Å²) in [4.78, 5) is 20.2. The molecule has 1 heterocycles. The smallest absolute Gasteiger partial charge is 0.254 e. The predicted octanol–water partition coefficient (Wildman–Crippen LogP) is 3.27. The van der Waals surface area contributed by atoms with E-state index in [1.54, 1.807) is 13.8 Å². The zero-order valence-electron chi connectivity index (χ0n) is 16.4. The SMILES string of the molecule is CCC(NC(=O)c1cc(S(=O)(=O)NC(C)C)ccc1F)c1nc2ccccc2[nH]1. The summed E-state index contributed by atoms with van der Waals surface area (Å²) in [6, 6.07) is 9.79. The number of imidazole rings is 1. The number of benzene rings is 2. The maximum absolute atomic E-state index is 14.3. The summed E-state index contributed by atoms with van der Waals surface area (Å²) >= 11 is 0. The highest BCUT2D eigenvalue weighted by Gasteiger charge is 2.23. The van der Waals surface area contributed by atoms with Gasteiger partial charge in [-0.05, 0) is 50.6 Å². The minimum absolute atomic E-state index is 0.172. The summed E-state index contributed by atoms with van der Waals surface area (Å²) in [7, 11) is -3.85. The lowest BCUT2D eigenvalue weighted by Crippen LogP contribution is -2.32. The first-order valence-electron chi connectivity index (χ1n) is 9.28. The molecule has 1 aromatic heterocycles. The molecule has 29 heavy (non-hydrogen) atoms. The third-order valence-electron chi connectivity index (χ3n) is 4.33. The summed E-state index contributed by atoms with van der Waals surface area (Å²) in [5, 5.41) is 2.73. The lowest BCUT2D eigenvalue weighted by molar-refractivity contribution is 0.0929. The number of halogens is 1. The summed E-state index contributed by atoms with van der Waals surface area (Å²) in [6.45, 7) is 5.21. The van der Waals surface area contributed by atoms with Crippen molar-refractivity contribution in [3.63, 3.8) is 0 Å². The van der Waals surface area contributed by atoms with Crippen LogP contribution in [0.1, 0.15) is 49.4 Å². The van der Waals surface area contributed by atoms with E-state index in [0.29, 0.717) is 12.2 Å². The Morgan fingerprint density at radius 3 is 2.59 bits per heavy atom. The molecule has 2 aromatic carbocycles. The molecule has 3 N–H and O–H groups in total. The van der Waals surface area contributed by atoms with Gasteiger partial charge in [0, 0.05) is 6.04 Å². The van der Waals surface area contributed by atoms with Gasteiger partial charge in [-0.2, -0.15) is 0 Å². The van der Waals surface area contributed by atoms with Gasteiger partial charge >= 0.3 is 0 Å². The Hall–Kier alpha value is -2.78. The number of para-hydroxylation sites is 2. The van der Waals surface area contributed by atoms with Crippen molar-refractivity contribution in [2.24, 2.45) is 0 Å². The summed E-state index contributed by atoms with van der Waals surface area (Å²) in [6.07, 6.45) is 0.514. The van der Waals surface area contributed by atoms with Gasteiger partial charge in [0.1, 0.15) is 11.6 Å². The monoisotopic (exact) mass is 418 g/mol. The third kappa shape index (κ3) is 4.63. The fourth-order valence-corrected chi connectivity index (χ4v) is 4.24. The molecule has 1 amide bonds. The number of aromatic amines is 1. The van der Waals surface area contributed by atoms with Crippen molar-refractivity contribution in [3.05, 3.63) is 59.7 Å². The van der Waals surface area contributed by atoms with Crippen LogP contribution >= 0.6 is 0 Å². The Balaban J connectivity index is 1.88. The number of carbonyl (C=O) groups is 1. The number of nitrogens with one attached hydrogen (secondary N) is 3. The van der Waals surface area contributed by atoms with Crippen LogP contribution in [-0.4, -0.2) is 30.3 Å². The van der Waals surface area contributed by atoms with Gasteiger partial charge in [0.05, 0.1) is 27.5 Å². The molecule has 0 aliphatic carbocycles. The number of H-pyrrole nitrogens is 1. The molecular weight excluding hydrogens is 395 g/mol. The fraction of sp³-hybridized carbons (Fsp3) is 0.300. The van der Waals surface area contributed by atoms with Gasteiger partial charge in [-0.3, -0.25) is 4.79 Å². The lowest BCUT2D eigenvalue weighted by Gasteiger charge is -2.16. The molecule has 154 valence electrons. The number of hydrogen-bond acceptors (Lipinski definition) is 4. The fourth-order valence-electron chi connectivity index (χ4n) is 2.96. The maximum Gasteiger partial charge on any atom is 0.254 e. The van der Waals surface area contributed by atoms with Gasteiger partial charge in [-0.25, -0.2) is 22.5 Å². The van der Waals surface area contributed by atoms with Gasteiger partial charge in [0.25, 0.3) is 5.91 Å². The average molecular weight is 418 g/mol. The van der Waals surface area contributed by atoms with Crippen molar-refractivity contribution in [2.75, 3.05) is 0 Å². The van der Waals surface area contributed by atoms with Crippen LogP contribution in [0.15, 0.2) is 47.4 Å². The molecule has 0 radical (unpaired) electrons. The number of fused-ring (bicyclic) bond motifs is 1. The first-order valence-corrected chi connectivity index (χ1v) is 10.8. The number of hydrogen-bond donors (Lipinski definition) is 3. The van der Waals surface area contributed by atoms with E-state index in [1.807, 2.05) is 31.2 Å². The van der Waals surface area contributed by atoms with Crippen LogP contribution in [0.4, 0.5) is 4.39 Å². The number of sulfonamides is 1. The number of aromatic nitrogens is 2. The largest absolute Gasteiger partial charge is 0.342 e. The zero-order chi connectivity index (χ0) is 21.2. The quantitative estimate of drug-likeness (QED) is 0.548. The van der Waals surface area contributed by atoms with Crippen LogP contribution in [0.25, 0.3) is 11.0 Å². The summed E-state index contributed by atoms with van der Waals surface area (Å²) in [5.41, 5.74) is 1.25. The standard InChI is InChI=1S/C20H23FN4O3S/c1-4-16(19-22-17-7-5-6-8-18(17)23-19)24-20(26)14-11-13(9-10-15(14)21)29(27,28)25-12(2)3/h5-12,16,25H,4H2,1-3H3,(H,22,23)(H,24,26). The van der Waals surface area contributed by atoms with Gasteiger partial charge in [0.2, 0.25) is 10.0 Å². The molecule has 7 nitrogen and oxygen atoms in total. The molecule has 1 atom stereocenters. The van der Waals surface area contributed by atoms with E-state index in [4.69, 9.17) is 0 Å². The van der Waals surface area contributed by atoms with E-state index < -0.39 is 27.8 Å². The second-order valence-corrected chi connectivity index (χ2v) is 8.71. The van der Waals surface area contributed by atoms with E-state index in [-0.39, 0.29) is 16.5 Å². The molecule has 3 aromatic rings. The molecule has 0 aliphatic heterocycles. The van der Waals surface area contributed by atoms with Crippen molar-refractivity contribution < 1.29 is 17.6 Å². The Labute approximate surface area is 168 Å². The first kappa shape index (κ1) is 20.9. The predicted molar refractivity (Wildman–Crippen MR) is 108 cm³/mol. The van der Waals surface area contributed by atoms with Crippen LogP contribution < -0.4 is 10.0 Å². The van der Waals surface area contributed by atoms with Crippen LogP contribution in [-0.2, 0) is 10.0 Å². The summed E-state index contributed by atoms with van der Waals surface area (Å²) < 4.78 is 41.4. The number of rotatable bonds is 7. The van der Waals surface area contributed by atoms with E-state index in [0.717, 1.165) is 29.2 Å². The molecule has 1 unspecified atom stereocenters. The topological polar surface area (TPSA) is 104 Å². The number of carbonyl (C=O) groups excluding carboxylic acids is 1. The summed E-state index contributed by atoms with van der Waals surface area (Å²) in [5.74, 6) is -0.963. The van der Waals surface area contributed by atoms with Crippen molar-refractivity contribution in [2.45, 2.75) is 44.2 Å². The van der Waals surface area contributed by atoms with Gasteiger partial charge < -0.3 is 10.3 Å². The second-order valence-electron chi connectivity index (χ2n) is 6.99. The molecule has 0 aliphatic rings. The zero-order valence-corrected chi connectivity index (χ0v) is 17.2. The molecule has 3 rings (SSSR count). The van der Waals surface area contributed by atoms with Crippen molar-refractivity contribution in [3.8, 4) is 0 Å². The van der Waals surface area contributed by atoms with E-state index in [9.17, 15) is 17.6 Å². The average Bonchev–Trinajstić information content (AvgIpc) is 3.09. The third-order valence-corrected chi connectivity index (χ3v) is 5.99. The van der Waals surface area contributed by atoms with Crippen molar-refractivity contribution >= 4 is 27.0 Å². The molecule has 0 bridgehead atoms. The molecule has 0 spiro atoms. The van der Waals surface area contributed by atoms with Gasteiger partial charge in [-0.15, -0.1) is 0 Å². The highest BCUT2D eigenvalue weighted by Crippen LogP contribution is 2.21. The molecular formula is C20H23FN4O3S. The molecule has 0 fully saturated rings. The van der Waals surface area contributed by atoms with Crippen molar-refractivity contribution in [1.82, 2.24) is 20.0 Å². The Morgan fingerprint density at radius 1 is 1.21 bits per heavy atom. The normalized spacial score (nSPS) is 13.0. The van der Waals surface area contributed by atoms with E-state index in [2.05, 4.69) is 20.0 Å². The van der Waals surface area contributed by atoms with Crippen molar-refractivity contribution in [1.29, 1.82) is 0 Å². The van der Waals surface area contributed by atoms with Gasteiger partial charge in [0.15, 0.2) is 0 Å².